The van der Waals surface area contributed by atoms with Crippen molar-refractivity contribution in [1.82, 2.24) is 14.3 Å². The summed E-state index contributed by atoms with van der Waals surface area (Å²) in [5, 5.41) is 0. The third-order valence-electron chi connectivity index (χ3n) is 2.62. The first-order valence-electron chi connectivity index (χ1n) is 5.66. The Kier molecular flexibility index (Phi) is 4.11. The molecule has 0 fully saturated rings. The van der Waals surface area contributed by atoms with Crippen LogP contribution in [0.1, 0.15) is 5.69 Å². The lowest BCUT2D eigenvalue weighted by atomic mass is 10.3. The lowest BCUT2D eigenvalue weighted by Gasteiger charge is -2.14. The summed E-state index contributed by atoms with van der Waals surface area (Å²) in [6, 6.07) is 5.25. The van der Waals surface area contributed by atoms with Gasteiger partial charge in [0, 0.05) is 36.4 Å². The molecule has 18 heavy (non-hydrogen) atoms. The number of nitrogens with two attached hydrogens (primary N) is 1. The van der Waals surface area contributed by atoms with Crippen LogP contribution < -0.4 is 11.3 Å². The molecule has 0 aliphatic carbocycles. The van der Waals surface area contributed by atoms with Crippen molar-refractivity contribution >= 4 is 21.6 Å². The molecule has 2 rings (SSSR count). The fourth-order valence-corrected chi connectivity index (χ4v) is 2.12. The lowest BCUT2D eigenvalue weighted by Crippen LogP contribution is -2.26. The van der Waals surface area contributed by atoms with E-state index in [0.717, 1.165) is 16.7 Å². The van der Waals surface area contributed by atoms with Gasteiger partial charge in [0.05, 0.1) is 5.69 Å². The molecule has 0 aliphatic rings. The average molecular weight is 311 g/mol. The van der Waals surface area contributed by atoms with Crippen molar-refractivity contribution in [2.24, 2.45) is 5.73 Å². The maximum Gasteiger partial charge on any atom is 0.258 e. The molecule has 0 amide bonds. The van der Waals surface area contributed by atoms with Crippen LogP contribution in [0.3, 0.4) is 0 Å². The Labute approximate surface area is 113 Å². The Morgan fingerprint density at radius 1 is 1.50 bits per heavy atom. The summed E-state index contributed by atoms with van der Waals surface area (Å²) in [5.74, 6) is 0. The quantitative estimate of drug-likeness (QED) is 0.909. The summed E-state index contributed by atoms with van der Waals surface area (Å²) in [6.45, 7) is 2.00. The number of fused-ring (bicyclic) bond motifs is 1. The van der Waals surface area contributed by atoms with E-state index in [9.17, 15) is 4.79 Å². The fourth-order valence-electron chi connectivity index (χ4n) is 1.78. The number of rotatable bonds is 4. The molecular formula is C12H15BrN4O. The maximum atomic E-state index is 12.0. The molecule has 6 heteroatoms. The Morgan fingerprint density at radius 3 is 3.00 bits per heavy atom. The van der Waals surface area contributed by atoms with Crippen LogP contribution in [0.15, 0.2) is 33.7 Å². The molecule has 96 valence electrons. The molecule has 2 N–H and O–H groups in total. The van der Waals surface area contributed by atoms with Crippen molar-refractivity contribution in [1.29, 1.82) is 0 Å². The number of halogens is 1. The van der Waals surface area contributed by atoms with E-state index in [1.54, 1.807) is 12.3 Å². The van der Waals surface area contributed by atoms with Gasteiger partial charge in [-0.25, -0.2) is 4.98 Å². The van der Waals surface area contributed by atoms with Crippen molar-refractivity contribution in [3.8, 4) is 0 Å². The van der Waals surface area contributed by atoms with E-state index in [-0.39, 0.29) is 5.56 Å². The van der Waals surface area contributed by atoms with Crippen LogP contribution in [0, 0.1) is 0 Å². The van der Waals surface area contributed by atoms with Gasteiger partial charge in [-0.1, -0.05) is 0 Å². The predicted molar refractivity (Wildman–Crippen MR) is 74.6 cm³/mol. The SMILES string of the molecule is CN(CCN)Cc1cc(=O)n2cc(Br)ccc2n1. The Morgan fingerprint density at radius 2 is 2.28 bits per heavy atom. The average Bonchev–Trinajstić information content (AvgIpc) is 2.30. The standard InChI is InChI=1S/C12H15BrN4O/c1-16(5-4-14)8-10-6-12(18)17-7-9(13)2-3-11(17)15-10/h2-3,6-7H,4-5,8,14H2,1H3. The van der Waals surface area contributed by atoms with E-state index in [1.807, 2.05) is 24.1 Å². The molecule has 0 aromatic carbocycles. The monoisotopic (exact) mass is 310 g/mol. The summed E-state index contributed by atoms with van der Waals surface area (Å²) in [4.78, 5) is 18.4. The van der Waals surface area contributed by atoms with E-state index < -0.39 is 0 Å². The molecule has 5 nitrogen and oxygen atoms in total. The lowest BCUT2D eigenvalue weighted by molar-refractivity contribution is 0.332. The zero-order valence-corrected chi connectivity index (χ0v) is 11.7. The maximum absolute atomic E-state index is 12.0. The van der Waals surface area contributed by atoms with E-state index in [4.69, 9.17) is 5.73 Å². The Hall–Kier alpha value is -1.24. The second-order valence-electron chi connectivity index (χ2n) is 4.19. The summed E-state index contributed by atoms with van der Waals surface area (Å²) in [7, 11) is 1.96. The van der Waals surface area contributed by atoms with Gasteiger partial charge in [0.25, 0.3) is 5.56 Å². The second-order valence-corrected chi connectivity index (χ2v) is 5.10. The van der Waals surface area contributed by atoms with Crippen molar-refractivity contribution in [3.63, 3.8) is 0 Å². The zero-order chi connectivity index (χ0) is 13.1. The topological polar surface area (TPSA) is 63.6 Å². The number of pyridine rings is 1. The summed E-state index contributed by atoms with van der Waals surface area (Å²) in [5.41, 5.74) is 6.83. The van der Waals surface area contributed by atoms with Crippen LogP contribution in [0.4, 0.5) is 0 Å². The van der Waals surface area contributed by atoms with E-state index in [2.05, 4.69) is 20.9 Å². The third kappa shape index (κ3) is 2.95. The third-order valence-corrected chi connectivity index (χ3v) is 3.09. The molecule has 0 bridgehead atoms. The van der Waals surface area contributed by atoms with Gasteiger partial charge in [0.1, 0.15) is 5.65 Å². The molecule has 0 aliphatic heterocycles. The first-order valence-corrected chi connectivity index (χ1v) is 6.46. The van der Waals surface area contributed by atoms with Gasteiger partial charge in [-0.05, 0) is 35.1 Å². The highest BCUT2D eigenvalue weighted by Gasteiger charge is 2.05. The van der Waals surface area contributed by atoms with Crippen LogP contribution in [-0.2, 0) is 6.54 Å². The van der Waals surface area contributed by atoms with Crippen molar-refractivity contribution in [2.75, 3.05) is 20.1 Å². The predicted octanol–water partition coefficient (Wildman–Crippen LogP) is 0.847. The molecule has 2 aromatic heterocycles. The summed E-state index contributed by atoms with van der Waals surface area (Å²) in [6.07, 6.45) is 1.72. The summed E-state index contributed by atoms with van der Waals surface area (Å²) >= 11 is 3.34. The number of hydrogen-bond donors (Lipinski definition) is 1. The molecule has 0 radical (unpaired) electrons. The first-order chi connectivity index (χ1) is 8.60. The molecule has 2 heterocycles. The number of aromatic nitrogens is 2. The Balaban J connectivity index is 2.37. The van der Waals surface area contributed by atoms with Crippen LogP contribution in [0.25, 0.3) is 5.65 Å². The van der Waals surface area contributed by atoms with E-state index >= 15 is 0 Å². The minimum atomic E-state index is -0.0718. The van der Waals surface area contributed by atoms with Gasteiger partial charge < -0.3 is 5.73 Å². The number of nitrogens with zero attached hydrogens (tertiary/aromatic N) is 3. The van der Waals surface area contributed by atoms with Gasteiger partial charge in [-0.15, -0.1) is 0 Å². The van der Waals surface area contributed by atoms with Crippen LogP contribution in [0.2, 0.25) is 0 Å². The van der Waals surface area contributed by atoms with Crippen LogP contribution in [0.5, 0.6) is 0 Å². The van der Waals surface area contributed by atoms with Crippen molar-refractivity contribution in [3.05, 3.63) is 44.9 Å². The minimum Gasteiger partial charge on any atom is -0.329 e. The normalized spacial score (nSPS) is 11.3. The number of hydrogen-bond acceptors (Lipinski definition) is 4. The largest absolute Gasteiger partial charge is 0.329 e. The van der Waals surface area contributed by atoms with Crippen molar-refractivity contribution in [2.45, 2.75) is 6.54 Å². The van der Waals surface area contributed by atoms with Crippen molar-refractivity contribution < 1.29 is 0 Å². The summed E-state index contributed by atoms with van der Waals surface area (Å²) < 4.78 is 2.38. The molecule has 2 aromatic rings. The number of likely N-dealkylation sites (N-methyl/N-ethyl adjacent to an activating group) is 1. The first kappa shape index (κ1) is 13.2. The van der Waals surface area contributed by atoms with Crippen LogP contribution in [-0.4, -0.2) is 34.4 Å². The molecule has 0 saturated heterocycles. The van der Waals surface area contributed by atoms with Gasteiger partial charge in [-0.3, -0.25) is 14.1 Å². The van der Waals surface area contributed by atoms with Gasteiger partial charge in [0.2, 0.25) is 0 Å². The Bertz CT molecular complexity index is 611. The minimum absolute atomic E-state index is 0.0718. The van der Waals surface area contributed by atoms with Gasteiger partial charge in [-0.2, -0.15) is 0 Å². The smallest absolute Gasteiger partial charge is 0.258 e. The zero-order valence-electron chi connectivity index (χ0n) is 10.1. The highest BCUT2D eigenvalue weighted by Crippen LogP contribution is 2.09. The second kappa shape index (κ2) is 5.60. The molecule has 0 spiro atoms. The van der Waals surface area contributed by atoms with E-state index in [1.165, 1.54) is 4.40 Å². The van der Waals surface area contributed by atoms with E-state index in [0.29, 0.717) is 18.7 Å². The van der Waals surface area contributed by atoms with Crippen LogP contribution >= 0.6 is 15.9 Å². The molecular weight excluding hydrogens is 296 g/mol. The van der Waals surface area contributed by atoms with Gasteiger partial charge >= 0.3 is 0 Å². The molecule has 0 saturated carbocycles. The molecule has 0 unspecified atom stereocenters. The fraction of sp³-hybridized carbons (Fsp3) is 0.333. The van der Waals surface area contributed by atoms with Gasteiger partial charge in [0.15, 0.2) is 0 Å². The molecule has 0 atom stereocenters. The highest BCUT2D eigenvalue weighted by atomic mass is 79.9. The highest BCUT2D eigenvalue weighted by molar-refractivity contribution is 9.10.